The van der Waals surface area contributed by atoms with E-state index < -0.39 is 0 Å². The lowest BCUT2D eigenvalue weighted by molar-refractivity contribution is 0.332. The average molecular weight is 205 g/mol. The molecule has 2 atom stereocenters. The number of nitrogens with two attached hydrogens (primary N) is 1. The van der Waals surface area contributed by atoms with Crippen LogP contribution < -0.4 is 11.1 Å². The lowest BCUT2D eigenvalue weighted by atomic mass is 9.84. The molecule has 1 saturated carbocycles. The second-order valence-corrected chi connectivity index (χ2v) is 4.27. The van der Waals surface area contributed by atoms with Gasteiger partial charge in [-0.3, -0.25) is 4.98 Å². The number of nitrogens with one attached hydrogen (secondary N) is 1. The Morgan fingerprint density at radius 3 is 2.73 bits per heavy atom. The predicted octanol–water partition coefficient (Wildman–Crippen LogP) is 2.01. The molecule has 1 fully saturated rings. The molecule has 1 aliphatic rings. The molecule has 0 aliphatic heterocycles. The van der Waals surface area contributed by atoms with E-state index in [-0.39, 0.29) is 0 Å². The van der Waals surface area contributed by atoms with Gasteiger partial charge in [0.1, 0.15) is 0 Å². The minimum absolute atomic E-state index is 0.547. The summed E-state index contributed by atoms with van der Waals surface area (Å²) < 4.78 is 0. The highest BCUT2D eigenvalue weighted by atomic mass is 14.9. The molecule has 0 amide bonds. The molecule has 82 valence electrons. The first-order chi connectivity index (χ1) is 7.40. The SMILES string of the molecule is NCC1CCCCC1Nc1ccncc1. The van der Waals surface area contributed by atoms with Crippen LogP contribution in [0.2, 0.25) is 0 Å². The van der Waals surface area contributed by atoms with Crippen LogP contribution in [-0.4, -0.2) is 17.6 Å². The van der Waals surface area contributed by atoms with Crippen LogP contribution in [0.1, 0.15) is 25.7 Å². The second-order valence-electron chi connectivity index (χ2n) is 4.27. The monoisotopic (exact) mass is 205 g/mol. The minimum Gasteiger partial charge on any atom is -0.382 e. The van der Waals surface area contributed by atoms with E-state index in [1.54, 1.807) is 0 Å². The van der Waals surface area contributed by atoms with Gasteiger partial charge in [0.15, 0.2) is 0 Å². The lowest BCUT2D eigenvalue weighted by Gasteiger charge is -2.32. The van der Waals surface area contributed by atoms with Gasteiger partial charge in [-0.15, -0.1) is 0 Å². The van der Waals surface area contributed by atoms with Crippen LogP contribution in [0.15, 0.2) is 24.5 Å². The summed E-state index contributed by atoms with van der Waals surface area (Å²) in [6.45, 7) is 0.794. The Hall–Kier alpha value is -1.09. The van der Waals surface area contributed by atoms with Gasteiger partial charge in [-0.05, 0) is 37.4 Å². The first-order valence-electron chi connectivity index (χ1n) is 5.77. The van der Waals surface area contributed by atoms with Gasteiger partial charge >= 0.3 is 0 Å². The van der Waals surface area contributed by atoms with Crippen molar-refractivity contribution in [2.75, 3.05) is 11.9 Å². The van der Waals surface area contributed by atoms with Gasteiger partial charge in [-0.25, -0.2) is 0 Å². The van der Waals surface area contributed by atoms with E-state index in [1.165, 1.54) is 25.7 Å². The van der Waals surface area contributed by atoms with Crippen LogP contribution in [0.5, 0.6) is 0 Å². The van der Waals surface area contributed by atoms with Crippen LogP contribution in [0.3, 0.4) is 0 Å². The molecule has 0 aromatic carbocycles. The Morgan fingerprint density at radius 2 is 2.00 bits per heavy atom. The maximum absolute atomic E-state index is 5.79. The van der Waals surface area contributed by atoms with Gasteiger partial charge < -0.3 is 11.1 Å². The molecule has 0 bridgehead atoms. The van der Waals surface area contributed by atoms with E-state index in [0.717, 1.165) is 12.2 Å². The standard InChI is InChI=1S/C12H19N3/c13-9-10-3-1-2-4-12(10)15-11-5-7-14-8-6-11/h5-8,10,12H,1-4,9,13H2,(H,14,15). The van der Waals surface area contributed by atoms with Crippen LogP contribution in [0.4, 0.5) is 5.69 Å². The molecule has 2 rings (SSSR count). The number of pyridine rings is 1. The van der Waals surface area contributed by atoms with Crippen LogP contribution in [0, 0.1) is 5.92 Å². The summed E-state index contributed by atoms with van der Waals surface area (Å²) in [5.41, 5.74) is 6.96. The van der Waals surface area contributed by atoms with E-state index in [9.17, 15) is 0 Å². The zero-order valence-electron chi connectivity index (χ0n) is 9.02. The number of hydrogen-bond donors (Lipinski definition) is 2. The molecule has 3 N–H and O–H groups in total. The van der Waals surface area contributed by atoms with Gasteiger partial charge in [0.25, 0.3) is 0 Å². The number of rotatable bonds is 3. The highest BCUT2D eigenvalue weighted by Crippen LogP contribution is 2.26. The topological polar surface area (TPSA) is 50.9 Å². The number of nitrogens with zero attached hydrogens (tertiary/aromatic N) is 1. The van der Waals surface area contributed by atoms with Gasteiger partial charge in [0, 0.05) is 24.1 Å². The zero-order valence-corrected chi connectivity index (χ0v) is 9.02. The third-order valence-electron chi connectivity index (χ3n) is 3.24. The van der Waals surface area contributed by atoms with Gasteiger partial charge in [0.2, 0.25) is 0 Å². The quantitative estimate of drug-likeness (QED) is 0.793. The summed E-state index contributed by atoms with van der Waals surface area (Å²) in [6.07, 6.45) is 8.80. The minimum atomic E-state index is 0.547. The van der Waals surface area contributed by atoms with Crippen molar-refractivity contribution in [1.29, 1.82) is 0 Å². The maximum atomic E-state index is 5.79. The fraction of sp³-hybridized carbons (Fsp3) is 0.583. The highest BCUT2D eigenvalue weighted by molar-refractivity contribution is 5.42. The largest absolute Gasteiger partial charge is 0.382 e. The molecular formula is C12H19N3. The molecular weight excluding hydrogens is 186 g/mol. The molecule has 3 nitrogen and oxygen atoms in total. The molecule has 1 aromatic heterocycles. The van der Waals surface area contributed by atoms with Crippen molar-refractivity contribution in [2.45, 2.75) is 31.7 Å². The molecule has 1 aromatic rings. The van der Waals surface area contributed by atoms with Crippen molar-refractivity contribution in [2.24, 2.45) is 11.7 Å². The molecule has 0 radical (unpaired) electrons. The van der Waals surface area contributed by atoms with Crippen LogP contribution in [0.25, 0.3) is 0 Å². The smallest absolute Gasteiger partial charge is 0.0373 e. The second kappa shape index (κ2) is 5.12. The lowest BCUT2D eigenvalue weighted by Crippen LogP contribution is -2.36. The first kappa shape index (κ1) is 10.4. The summed E-state index contributed by atoms with van der Waals surface area (Å²) in [5, 5.41) is 3.56. The zero-order chi connectivity index (χ0) is 10.5. The Bertz CT molecular complexity index is 286. The number of aromatic nitrogens is 1. The maximum Gasteiger partial charge on any atom is 0.0373 e. The Morgan fingerprint density at radius 1 is 1.27 bits per heavy atom. The summed E-state index contributed by atoms with van der Waals surface area (Å²) in [5.74, 6) is 0.631. The van der Waals surface area contributed by atoms with Gasteiger partial charge in [-0.1, -0.05) is 12.8 Å². The van der Waals surface area contributed by atoms with E-state index in [1.807, 2.05) is 24.5 Å². The Balaban J connectivity index is 1.97. The number of hydrogen-bond acceptors (Lipinski definition) is 3. The van der Waals surface area contributed by atoms with Crippen LogP contribution in [-0.2, 0) is 0 Å². The Labute approximate surface area is 91.1 Å². The van der Waals surface area contributed by atoms with E-state index in [4.69, 9.17) is 5.73 Å². The molecule has 1 heterocycles. The van der Waals surface area contributed by atoms with E-state index >= 15 is 0 Å². The normalized spacial score (nSPS) is 26.2. The molecule has 0 saturated heterocycles. The highest BCUT2D eigenvalue weighted by Gasteiger charge is 2.23. The Kier molecular flexibility index (Phi) is 3.56. The van der Waals surface area contributed by atoms with Crippen molar-refractivity contribution in [3.63, 3.8) is 0 Å². The van der Waals surface area contributed by atoms with Crippen molar-refractivity contribution in [3.8, 4) is 0 Å². The van der Waals surface area contributed by atoms with Crippen molar-refractivity contribution in [1.82, 2.24) is 4.98 Å². The first-order valence-corrected chi connectivity index (χ1v) is 5.77. The fourth-order valence-electron chi connectivity index (χ4n) is 2.34. The average Bonchev–Trinajstić information content (AvgIpc) is 2.31. The third kappa shape index (κ3) is 2.69. The molecule has 2 unspecified atom stereocenters. The summed E-state index contributed by atoms with van der Waals surface area (Å²) in [6, 6.07) is 4.58. The van der Waals surface area contributed by atoms with Crippen LogP contribution >= 0.6 is 0 Å². The summed E-state index contributed by atoms with van der Waals surface area (Å²) in [4.78, 5) is 4.01. The third-order valence-corrected chi connectivity index (χ3v) is 3.24. The summed E-state index contributed by atoms with van der Waals surface area (Å²) in [7, 11) is 0. The predicted molar refractivity (Wildman–Crippen MR) is 62.7 cm³/mol. The fourth-order valence-corrected chi connectivity index (χ4v) is 2.34. The van der Waals surface area contributed by atoms with E-state index in [2.05, 4.69) is 10.3 Å². The molecule has 0 spiro atoms. The van der Waals surface area contributed by atoms with Gasteiger partial charge in [-0.2, -0.15) is 0 Å². The molecule has 3 heteroatoms. The van der Waals surface area contributed by atoms with Crippen molar-refractivity contribution >= 4 is 5.69 Å². The van der Waals surface area contributed by atoms with Crippen molar-refractivity contribution in [3.05, 3.63) is 24.5 Å². The van der Waals surface area contributed by atoms with E-state index in [0.29, 0.717) is 12.0 Å². The van der Waals surface area contributed by atoms with Gasteiger partial charge in [0.05, 0.1) is 0 Å². The van der Waals surface area contributed by atoms with Crippen molar-refractivity contribution < 1.29 is 0 Å². The molecule has 15 heavy (non-hydrogen) atoms. The summed E-state index contributed by atoms with van der Waals surface area (Å²) >= 11 is 0. The molecule has 1 aliphatic carbocycles. The number of anilines is 1.